The maximum absolute atomic E-state index is 14.0. The summed E-state index contributed by atoms with van der Waals surface area (Å²) >= 11 is 0. The van der Waals surface area contributed by atoms with Crippen molar-refractivity contribution in [2.45, 2.75) is 0 Å². The lowest BCUT2D eigenvalue weighted by Gasteiger charge is -2.09. The molecule has 0 aliphatic rings. The predicted molar refractivity (Wildman–Crippen MR) is 87.3 cm³/mol. The zero-order valence-corrected chi connectivity index (χ0v) is 12.8. The molecule has 0 saturated heterocycles. The number of rotatable bonds is 2. The maximum Gasteiger partial charge on any atom is 0.345 e. The summed E-state index contributed by atoms with van der Waals surface area (Å²) in [6, 6.07) is 15.1. The van der Waals surface area contributed by atoms with E-state index in [0.717, 1.165) is 0 Å². The molecule has 0 saturated carbocycles. The van der Waals surface area contributed by atoms with Crippen LogP contribution in [-0.2, 0) is 0 Å². The number of carbonyl (C=O) groups excluding carboxylic acids is 2. The molecule has 0 fully saturated rings. The van der Waals surface area contributed by atoms with E-state index in [0.29, 0.717) is 10.8 Å². The minimum absolute atomic E-state index is 0.0195. The highest BCUT2D eigenvalue weighted by atomic mass is 19.1. The summed E-state index contributed by atoms with van der Waals surface area (Å²) in [7, 11) is 0. The van der Waals surface area contributed by atoms with Gasteiger partial charge in [-0.2, -0.15) is 8.96 Å². The second-order valence-corrected chi connectivity index (χ2v) is 5.11. The summed E-state index contributed by atoms with van der Waals surface area (Å²) in [5.74, 6) is -3.24. The topological polar surface area (TPSA) is 78.1 Å². The molecule has 25 heavy (non-hydrogen) atoms. The Labute approximate surface area is 140 Å². The van der Waals surface area contributed by atoms with Gasteiger partial charge >= 0.3 is 5.69 Å². The van der Waals surface area contributed by atoms with Crippen LogP contribution < -0.4 is 11.2 Å². The third kappa shape index (κ3) is 2.94. The molecule has 0 radical (unpaired) electrons. The molecule has 0 spiro atoms. The van der Waals surface area contributed by atoms with E-state index in [1.807, 2.05) is 0 Å². The molecule has 0 aliphatic carbocycles. The number of benzene rings is 2. The fraction of sp³-hybridized carbons (Fsp3) is 0. The van der Waals surface area contributed by atoms with Crippen molar-refractivity contribution in [1.82, 2.24) is 9.13 Å². The number of nitrogens with zero attached hydrogens (tertiary/aromatic N) is 2. The molecule has 6 nitrogen and oxygen atoms in total. The predicted octanol–water partition coefficient (Wildman–Crippen LogP) is 1.53. The molecule has 0 aliphatic heterocycles. The average molecular weight is 338 g/mol. The molecule has 0 amide bonds. The van der Waals surface area contributed by atoms with Gasteiger partial charge in [0.2, 0.25) is 5.82 Å². The molecule has 0 unspecified atom stereocenters. The molecule has 0 bridgehead atoms. The first-order valence-electron chi connectivity index (χ1n) is 7.24. The monoisotopic (exact) mass is 338 g/mol. The second kappa shape index (κ2) is 6.48. The van der Waals surface area contributed by atoms with Crippen LogP contribution in [0.5, 0.6) is 0 Å². The summed E-state index contributed by atoms with van der Waals surface area (Å²) in [6.45, 7) is 0. The minimum atomic E-state index is -1.41. The SMILES string of the molecule is O=C(c1ccccc1)n1cc(F)c(=O)n(C(=O)c2ccccc2)c1=O. The van der Waals surface area contributed by atoms with Crippen LogP contribution in [0.3, 0.4) is 0 Å². The lowest BCUT2D eigenvalue weighted by Crippen LogP contribution is -2.46. The van der Waals surface area contributed by atoms with E-state index in [4.69, 9.17) is 0 Å². The molecule has 1 aromatic heterocycles. The van der Waals surface area contributed by atoms with Crippen LogP contribution in [0.1, 0.15) is 20.7 Å². The Morgan fingerprint density at radius 3 is 1.76 bits per heavy atom. The highest BCUT2D eigenvalue weighted by molar-refractivity contribution is 5.97. The van der Waals surface area contributed by atoms with E-state index in [-0.39, 0.29) is 15.7 Å². The van der Waals surface area contributed by atoms with Gasteiger partial charge in [0.15, 0.2) is 0 Å². The van der Waals surface area contributed by atoms with Gasteiger partial charge in [-0.1, -0.05) is 36.4 Å². The summed E-state index contributed by atoms with van der Waals surface area (Å²) in [4.78, 5) is 49.3. The average Bonchev–Trinajstić information content (AvgIpc) is 2.65. The van der Waals surface area contributed by atoms with Crippen molar-refractivity contribution in [2.24, 2.45) is 0 Å². The largest absolute Gasteiger partial charge is 0.345 e. The second-order valence-electron chi connectivity index (χ2n) is 5.11. The van der Waals surface area contributed by atoms with Gasteiger partial charge in [0.1, 0.15) is 0 Å². The highest BCUT2D eigenvalue weighted by Gasteiger charge is 2.22. The standard InChI is InChI=1S/C18H11FN2O4/c19-14-11-20(15(22)12-7-3-1-4-8-12)18(25)21(17(14)24)16(23)13-9-5-2-6-10-13/h1-11H. The Morgan fingerprint density at radius 2 is 1.24 bits per heavy atom. The summed E-state index contributed by atoms with van der Waals surface area (Å²) in [5, 5.41) is 0. The zero-order valence-electron chi connectivity index (χ0n) is 12.8. The van der Waals surface area contributed by atoms with Crippen LogP contribution in [0.4, 0.5) is 4.39 Å². The number of aromatic nitrogens is 2. The molecule has 7 heteroatoms. The number of hydrogen-bond donors (Lipinski definition) is 0. The first-order chi connectivity index (χ1) is 12.0. The molecule has 3 aromatic rings. The Balaban J connectivity index is 2.20. The van der Waals surface area contributed by atoms with Crippen LogP contribution in [0.2, 0.25) is 0 Å². The van der Waals surface area contributed by atoms with Crippen LogP contribution in [0.15, 0.2) is 76.4 Å². The minimum Gasteiger partial charge on any atom is -0.268 e. The van der Waals surface area contributed by atoms with E-state index in [9.17, 15) is 23.6 Å². The molecule has 2 aromatic carbocycles. The van der Waals surface area contributed by atoms with Gasteiger partial charge < -0.3 is 0 Å². The van der Waals surface area contributed by atoms with Crippen LogP contribution in [0.25, 0.3) is 0 Å². The molecule has 3 rings (SSSR count). The van der Waals surface area contributed by atoms with Crippen molar-refractivity contribution in [1.29, 1.82) is 0 Å². The van der Waals surface area contributed by atoms with Crippen molar-refractivity contribution < 1.29 is 14.0 Å². The molecule has 0 N–H and O–H groups in total. The lowest BCUT2D eigenvalue weighted by molar-refractivity contribution is 0.0927. The van der Waals surface area contributed by atoms with Gasteiger partial charge in [0.05, 0.1) is 6.20 Å². The number of halogens is 1. The van der Waals surface area contributed by atoms with Gasteiger partial charge in [0.25, 0.3) is 17.4 Å². The molecule has 1 heterocycles. The smallest absolute Gasteiger partial charge is 0.268 e. The summed E-state index contributed by atoms with van der Waals surface area (Å²) in [5.41, 5.74) is -2.50. The number of hydrogen-bond acceptors (Lipinski definition) is 4. The van der Waals surface area contributed by atoms with Crippen LogP contribution in [0, 0.1) is 5.82 Å². The summed E-state index contributed by atoms with van der Waals surface area (Å²) in [6.07, 6.45) is 0.495. The quantitative estimate of drug-likeness (QED) is 0.710. The van der Waals surface area contributed by atoms with E-state index >= 15 is 0 Å². The van der Waals surface area contributed by atoms with Crippen molar-refractivity contribution >= 4 is 11.8 Å². The fourth-order valence-corrected chi connectivity index (χ4v) is 2.28. The van der Waals surface area contributed by atoms with Crippen molar-refractivity contribution in [3.63, 3.8) is 0 Å². The normalized spacial score (nSPS) is 10.4. The van der Waals surface area contributed by atoms with Crippen molar-refractivity contribution in [2.75, 3.05) is 0 Å². The molecular formula is C18H11FN2O4. The van der Waals surface area contributed by atoms with Crippen LogP contribution >= 0.6 is 0 Å². The molecule has 124 valence electrons. The molecule has 0 atom stereocenters. The molecular weight excluding hydrogens is 327 g/mol. The Bertz CT molecular complexity index is 1070. The van der Waals surface area contributed by atoms with Crippen LogP contribution in [-0.4, -0.2) is 20.9 Å². The third-order valence-corrected chi connectivity index (χ3v) is 3.51. The highest BCUT2D eigenvalue weighted by Crippen LogP contribution is 2.03. The first-order valence-corrected chi connectivity index (χ1v) is 7.24. The van der Waals surface area contributed by atoms with E-state index in [1.54, 1.807) is 24.3 Å². The maximum atomic E-state index is 14.0. The summed E-state index contributed by atoms with van der Waals surface area (Å²) < 4.78 is 14.5. The Hall–Kier alpha value is -3.61. The van der Waals surface area contributed by atoms with Gasteiger partial charge in [-0.15, -0.1) is 0 Å². The zero-order chi connectivity index (χ0) is 18.0. The third-order valence-electron chi connectivity index (χ3n) is 3.51. The van der Waals surface area contributed by atoms with Gasteiger partial charge in [-0.05, 0) is 24.3 Å². The Kier molecular flexibility index (Phi) is 4.21. The van der Waals surface area contributed by atoms with Gasteiger partial charge in [-0.25, -0.2) is 9.36 Å². The van der Waals surface area contributed by atoms with Gasteiger partial charge in [-0.3, -0.25) is 14.4 Å². The van der Waals surface area contributed by atoms with E-state index < -0.39 is 28.9 Å². The first kappa shape index (κ1) is 16.3. The van der Waals surface area contributed by atoms with Gasteiger partial charge in [0, 0.05) is 11.1 Å². The number of carbonyl (C=O) groups is 2. The van der Waals surface area contributed by atoms with E-state index in [1.165, 1.54) is 36.4 Å². The van der Waals surface area contributed by atoms with Crippen molar-refractivity contribution in [3.05, 3.63) is 105 Å². The van der Waals surface area contributed by atoms with E-state index in [2.05, 4.69) is 0 Å². The fourth-order valence-electron chi connectivity index (χ4n) is 2.28. The van der Waals surface area contributed by atoms with Crippen molar-refractivity contribution in [3.8, 4) is 0 Å². The Morgan fingerprint density at radius 1 is 0.760 bits per heavy atom. The lowest BCUT2D eigenvalue weighted by atomic mass is 10.2.